The molecule has 0 aliphatic rings. The molecule has 0 bridgehead atoms. The van der Waals surface area contributed by atoms with Crippen LogP contribution in [-0.4, -0.2) is 0 Å². The highest BCUT2D eigenvalue weighted by molar-refractivity contribution is 9.10. The van der Waals surface area contributed by atoms with E-state index in [1.54, 1.807) is 11.8 Å². The zero-order chi connectivity index (χ0) is 11.5. The van der Waals surface area contributed by atoms with Crippen molar-refractivity contribution in [3.05, 3.63) is 58.1 Å². The van der Waals surface area contributed by atoms with Gasteiger partial charge in [0.15, 0.2) is 0 Å². The van der Waals surface area contributed by atoms with E-state index in [-0.39, 0.29) is 0 Å². The molecule has 16 heavy (non-hydrogen) atoms. The zero-order valence-electron chi connectivity index (χ0n) is 9.33. The fraction of sp³-hybridized carbons (Fsp3) is 0.143. The lowest BCUT2D eigenvalue weighted by molar-refractivity contribution is 1.32. The van der Waals surface area contributed by atoms with Crippen LogP contribution in [0, 0.1) is 13.8 Å². The molecule has 0 unspecified atom stereocenters. The summed E-state index contributed by atoms with van der Waals surface area (Å²) in [5.74, 6) is 0. The highest BCUT2D eigenvalue weighted by Crippen LogP contribution is 2.33. The summed E-state index contributed by atoms with van der Waals surface area (Å²) in [6.07, 6.45) is 0. The van der Waals surface area contributed by atoms with Gasteiger partial charge in [0.1, 0.15) is 0 Å². The van der Waals surface area contributed by atoms with Crippen LogP contribution in [0.2, 0.25) is 0 Å². The Hall–Kier alpha value is -0.730. The van der Waals surface area contributed by atoms with Crippen molar-refractivity contribution in [2.45, 2.75) is 23.6 Å². The Bertz CT molecular complexity index is 489. The summed E-state index contributed by atoms with van der Waals surface area (Å²) in [6, 6.07) is 15.1. The lowest BCUT2D eigenvalue weighted by atomic mass is 10.2. The van der Waals surface area contributed by atoms with E-state index in [2.05, 4.69) is 72.2 Å². The number of aryl methyl sites for hydroxylation is 2. The van der Waals surface area contributed by atoms with Crippen molar-refractivity contribution in [3.63, 3.8) is 0 Å². The molecule has 0 spiro atoms. The van der Waals surface area contributed by atoms with Gasteiger partial charge in [0.2, 0.25) is 0 Å². The van der Waals surface area contributed by atoms with Crippen molar-refractivity contribution in [3.8, 4) is 0 Å². The predicted octanol–water partition coefficient (Wildman–Crippen LogP) is 5.22. The largest absolute Gasteiger partial charge is 0.0889 e. The van der Waals surface area contributed by atoms with Gasteiger partial charge in [0.25, 0.3) is 0 Å². The molecular formula is C14H13BrS. The highest BCUT2D eigenvalue weighted by Gasteiger charge is 2.02. The number of halogens is 1. The van der Waals surface area contributed by atoms with Gasteiger partial charge < -0.3 is 0 Å². The van der Waals surface area contributed by atoms with E-state index in [4.69, 9.17) is 0 Å². The Balaban J connectivity index is 2.23. The molecule has 0 amide bonds. The maximum Gasteiger partial charge on any atom is 0.0317 e. The summed E-state index contributed by atoms with van der Waals surface area (Å²) in [5.41, 5.74) is 2.58. The fourth-order valence-corrected chi connectivity index (χ4v) is 2.98. The summed E-state index contributed by atoms with van der Waals surface area (Å²) in [4.78, 5) is 2.53. The number of hydrogen-bond donors (Lipinski definition) is 0. The van der Waals surface area contributed by atoms with E-state index in [0.29, 0.717) is 0 Å². The summed E-state index contributed by atoms with van der Waals surface area (Å²) in [5, 5.41) is 0. The molecule has 0 saturated carbocycles. The minimum absolute atomic E-state index is 1.16. The Morgan fingerprint density at radius 1 is 0.875 bits per heavy atom. The third-order valence-electron chi connectivity index (χ3n) is 2.34. The van der Waals surface area contributed by atoms with Gasteiger partial charge in [-0.15, -0.1) is 0 Å². The second kappa shape index (κ2) is 5.07. The SMILES string of the molecule is Cc1ccc(Sc2ccc(C)cc2Br)cc1. The Morgan fingerprint density at radius 3 is 2.12 bits per heavy atom. The van der Waals surface area contributed by atoms with Gasteiger partial charge in [-0.1, -0.05) is 35.5 Å². The average molecular weight is 293 g/mol. The summed E-state index contributed by atoms with van der Waals surface area (Å²) < 4.78 is 1.16. The predicted molar refractivity (Wildman–Crippen MR) is 74.2 cm³/mol. The number of rotatable bonds is 2. The molecule has 0 heterocycles. The van der Waals surface area contributed by atoms with Gasteiger partial charge in [-0.05, 0) is 59.6 Å². The van der Waals surface area contributed by atoms with Crippen molar-refractivity contribution >= 4 is 27.7 Å². The normalized spacial score (nSPS) is 10.4. The van der Waals surface area contributed by atoms with Crippen LogP contribution in [0.25, 0.3) is 0 Å². The number of hydrogen-bond acceptors (Lipinski definition) is 1. The molecule has 0 fully saturated rings. The van der Waals surface area contributed by atoms with Crippen LogP contribution in [0.15, 0.2) is 56.7 Å². The van der Waals surface area contributed by atoms with Crippen molar-refractivity contribution < 1.29 is 0 Å². The summed E-state index contributed by atoms with van der Waals surface area (Å²) in [7, 11) is 0. The molecule has 0 radical (unpaired) electrons. The van der Waals surface area contributed by atoms with Gasteiger partial charge in [0.05, 0.1) is 0 Å². The van der Waals surface area contributed by atoms with Crippen LogP contribution >= 0.6 is 27.7 Å². The molecule has 2 aromatic rings. The summed E-state index contributed by atoms with van der Waals surface area (Å²) in [6.45, 7) is 4.21. The molecule has 0 aromatic heterocycles. The zero-order valence-corrected chi connectivity index (χ0v) is 11.7. The molecule has 0 N–H and O–H groups in total. The Morgan fingerprint density at radius 2 is 1.50 bits per heavy atom. The lowest BCUT2D eigenvalue weighted by Crippen LogP contribution is -1.79. The van der Waals surface area contributed by atoms with Gasteiger partial charge >= 0.3 is 0 Å². The first-order chi connectivity index (χ1) is 7.65. The van der Waals surface area contributed by atoms with Crippen molar-refractivity contribution in [2.75, 3.05) is 0 Å². The first-order valence-electron chi connectivity index (χ1n) is 5.16. The lowest BCUT2D eigenvalue weighted by Gasteiger charge is -2.05. The van der Waals surface area contributed by atoms with Crippen molar-refractivity contribution in [1.29, 1.82) is 0 Å². The molecule has 2 aromatic carbocycles. The van der Waals surface area contributed by atoms with Crippen molar-refractivity contribution in [2.24, 2.45) is 0 Å². The average Bonchev–Trinajstić information content (AvgIpc) is 2.25. The minimum Gasteiger partial charge on any atom is -0.0889 e. The highest BCUT2D eigenvalue weighted by atomic mass is 79.9. The Kier molecular flexibility index (Phi) is 3.72. The topological polar surface area (TPSA) is 0 Å². The second-order valence-corrected chi connectivity index (χ2v) is 5.82. The Labute approximate surface area is 109 Å². The third kappa shape index (κ3) is 2.89. The van der Waals surface area contributed by atoms with E-state index in [9.17, 15) is 0 Å². The molecule has 0 nitrogen and oxygen atoms in total. The summed E-state index contributed by atoms with van der Waals surface area (Å²) >= 11 is 5.38. The van der Waals surface area contributed by atoms with E-state index >= 15 is 0 Å². The standard InChI is InChI=1S/C14H13BrS/c1-10-3-6-12(7-4-10)16-14-8-5-11(2)9-13(14)15/h3-9H,1-2H3. The smallest absolute Gasteiger partial charge is 0.0317 e. The van der Waals surface area contributed by atoms with Crippen LogP contribution < -0.4 is 0 Å². The van der Waals surface area contributed by atoms with Crippen LogP contribution in [-0.2, 0) is 0 Å². The van der Waals surface area contributed by atoms with Crippen LogP contribution in [0.5, 0.6) is 0 Å². The minimum atomic E-state index is 1.16. The van der Waals surface area contributed by atoms with E-state index in [0.717, 1.165) is 4.47 Å². The first-order valence-corrected chi connectivity index (χ1v) is 6.77. The van der Waals surface area contributed by atoms with E-state index in [1.807, 2.05) is 0 Å². The second-order valence-electron chi connectivity index (χ2n) is 3.85. The first kappa shape index (κ1) is 11.7. The molecule has 0 aliphatic carbocycles. The molecule has 0 saturated heterocycles. The molecule has 2 rings (SSSR count). The third-order valence-corrected chi connectivity index (χ3v) is 4.34. The molecule has 82 valence electrons. The van der Waals surface area contributed by atoms with E-state index < -0.39 is 0 Å². The van der Waals surface area contributed by atoms with Gasteiger partial charge in [0, 0.05) is 14.3 Å². The van der Waals surface area contributed by atoms with Crippen LogP contribution in [0.4, 0.5) is 0 Å². The quantitative estimate of drug-likeness (QED) is 0.731. The van der Waals surface area contributed by atoms with E-state index in [1.165, 1.54) is 20.9 Å². The van der Waals surface area contributed by atoms with Crippen molar-refractivity contribution in [1.82, 2.24) is 0 Å². The fourth-order valence-electron chi connectivity index (χ4n) is 1.42. The van der Waals surface area contributed by atoms with Crippen LogP contribution in [0.3, 0.4) is 0 Å². The molecule has 0 aliphatic heterocycles. The molecular weight excluding hydrogens is 280 g/mol. The molecule has 0 atom stereocenters. The molecule has 2 heteroatoms. The van der Waals surface area contributed by atoms with Gasteiger partial charge in [-0.2, -0.15) is 0 Å². The number of benzene rings is 2. The maximum atomic E-state index is 3.60. The van der Waals surface area contributed by atoms with Gasteiger partial charge in [-0.3, -0.25) is 0 Å². The monoisotopic (exact) mass is 292 g/mol. The van der Waals surface area contributed by atoms with Gasteiger partial charge in [-0.25, -0.2) is 0 Å². The van der Waals surface area contributed by atoms with Crippen LogP contribution in [0.1, 0.15) is 11.1 Å². The maximum absolute atomic E-state index is 3.60.